The third kappa shape index (κ3) is 4.60. The predicted molar refractivity (Wildman–Crippen MR) is 102 cm³/mol. The van der Waals surface area contributed by atoms with E-state index in [4.69, 9.17) is 23.2 Å². The normalized spacial score (nSPS) is 15.7. The third-order valence-corrected chi connectivity index (χ3v) is 6.99. The van der Waals surface area contributed by atoms with Gasteiger partial charge in [-0.2, -0.15) is 4.31 Å². The maximum Gasteiger partial charge on any atom is 0.244 e. The van der Waals surface area contributed by atoms with Crippen LogP contribution in [0.25, 0.3) is 0 Å². The van der Waals surface area contributed by atoms with Crippen molar-refractivity contribution in [2.24, 2.45) is 0 Å². The Balaban J connectivity index is 1.65. The number of nitrogens with zero attached hydrogens (tertiary/aromatic N) is 2. The SMILES string of the molecule is O=C(Cc1ccc(F)cc1)N1CCN(S(=O)(=O)c2cc(Cl)ccc2Cl)CC1. The Bertz CT molecular complexity index is 944. The highest BCUT2D eigenvalue weighted by Gasteiger charge is 2.31. The molecular formula is C18H17Cl2FN2O3S. The molecule has 1 heterocycles. The minimum Gasteiger partial charge on any atom is -0.340 e. The molecule has 0 atom stereocenters. The van der Waals surface area contributed by atoms with Crippen molar-refractivity contribution in [1.82, 2.24) is 9.21 Å². The number of rotatable bonds is 4. The number of carbonyl (C=O) groups excluding carboxylic acids is 1. The van der Waals surface area contributed by atoms with Gasteiger partial charge in [0.2, 0.25) is 15.9 Å². The van der Waals surface area contributed by atoms with Crippen LogP contribution in [0.3, 0.4) is 0 Å². The fourth-order valence-electron chi connectivity index (χ4n) is 2.88. The number of hydrogen-bond donors (Lipinski definition) is 0. The van der Waals surface area contributed by atoms with Crippen LogP contribution in [0.2, 0.25) is 10.0 Å². The van der Waals surface area contributed by atoms with Crippen molar-refractivity contribution in [2.45, 2.75) is 11.3 Å². The lowest BCUT2D eigenvalue weighted by molar-refractivity contribution is -0.131. The molecule has 0 spiro atoms. The first-order valence-electron chi connectivity index (χ1n) is 8.25. The van der Waals surface area contributed by atoms with Crippen molar-refractivity contribution in [3.8, 4) is 0 Å². The van der Waals surface area contributed by atoms with Crippen molar-refractivity contribution in [1.29, 1.82) is 0 Å². The Hall–Kier alpha value is -1.67. The van der Waals surface area contributed by atoms with Gasteiger partial charge in [0.15, 0.2) is 0 Å². The van der Waals surface area contributed by atoms with Crippen molar-refractivity contribution < 1.29 is 17.6 Å². The molecule has 144 valence electrons. The summed E-state index contributed by atoms with van der Waals surface area (Å²) in [4.78, 5) is 14.0. The van der Waals surface area contributed by atoms with Gasteiger partial charge in [-0.05, 0) is 35.9 Å². The van der Waals surface area contributed by atoms with Gasteiger partial charge in [-0.25, -0.2) is 12.8 Å². The average molecular weight is 431 g/mol. The number of hydrogen-bond acceptors (Lipinski definition) is 3. The molecule has 2 aromatic carbocycles. The van der Waals surface area contributed by atoms with Crippen LogP contribution in [0.1, 0.15) is 5.56 Å². The van der Waals surface area contributed by atoms with Gasteiger partial charge in [0.1, 0.15) is 10.7 Å². The van der Waals surface area contributed by atoms with E-state index in [1.54, 1.807) is 17.0 Å². The first-order chi connectivity index (χ1) is 12.8. The Morgan fingerprint density at radius 2 is 1.63 bits per heavy atom. The lowest BCUT2D eigenvalue weighted by atomic mass is 10.1. The highest BCUT2D eigenvalue weighted by atomic mass is 35.5. The first kappa shape index (κ1) is 20.1. The standard InChI is InChI=1S/C18H17Cl2FN2O3S/c19-14-3-6-16(20)17(12-14)27(25,26)23-9-7-22(8-10-23)18(24)11-13-1-4-15(21)5-2-13/h1-6,12H,7-11H2. The van der Waals surface area contributed by atoms with Gasteiger partial charge in [0, 0.05) is 31.2 Å². The van der Waals surface area contributed by atoms with Crippen LogP contribution < -0.4 is 0 Å². The van der Waals surface area contributed by atoms with Crippen LogP contribution in [0, 0.1) is 5.82 Å². The molecule has 1 aliphatic rings. The molecule has 3 rings (SSSR count). The fraction of sp³-hybridized carbons (Fsp3) is 0.278. The van der Waals surface area contributed by atoms with Crippen molar-refractivity contribution in [3.05, 3.63) is 63.9 Å². The molecule has 0 saturated carbocycles. The van der Waals surface area contributed by atoms with Crippen molar-refractivity contribution >= 4 is 39.1 Å². The number of halogens is 3. The zero-order chi connectivity index (χ0) is 19.6. The van der Waals surface area contributed by atoms with Crippen LogP contribution in [0.5, 0.6) is 0 Å². The van der Waals surface area contributed by atoms with Crippen molar-refractivity contribution in [3.63, 3.8) is 0 Å². The van der Waals surface area contributed by atoms with Crippen LogP contribution in [0.15, 0.2) is 47.4 Å². The van der Waals surface area contributed by atoms with Gasteiger partial charge in [-0.15, -0.1) is 0 Å². The van der Waals surface area contributed by atoms with Gasteiger partial charge < -0.3 is 4.90 Å². The molecule has 2 aromatic rings. The van der Waals surface area contributed by atoms with E-state index in [1.165, 1.54) is 34.6 Å². The molecular weight excluding hydrogens is 414 g/mol. The molecule has 27 heavy (non-hydrogen) atoms. The van der Waals surface area contributed by atoms with Gasteiger partial charge in [0.25, 0.3) is 0 Å². The fourth-order valence-corrected chi connectivity index (χ4v) is 5.04. The Kier molecular flexibility index (Phi) is 6.05. The minimum atomic E-state index is -3.79. The summed E-state index contributed by atoms with van der Waals surface area (Å²) in [7, 11) is -3.79. The number of piperazine rings is 1. The largest absolute Gasteiger partial charge is 0.340 e. The molecule has 0 bridgehead atoms. The highest BCUT2D eigenvalue weighted by Crippen LogP contribution is 2.28. The van der Waals surface area contributed by atoms with E-state index in [-0.39, 0.29) is 59.3 Å². The molecule has 9 heteroatoms. The summed E-state index contributed by atoms with van der Waals surface area (Å²) in [5, 5.41) is 0.389. The molecule has 1 amide bonds. The highest BCUT2D eigenvalue weighted by molar-refractivity contribution is 7.89. The second kappa shape index (κ2) is 8.14. The monoisotopic (exact) mass is 430 g/mol. The van der Waals surface area contributed by atoms with E-state index in [0.29, 0.717) is 5.56 Å². The first-order valence-corrected chi connectivity index (χ1v) is 10.4. The Morgan fingerprint density at radius 3 is 2.26 bits per heavy atom. The lowest BCUT2D eigenvalue weighted by Crippen LogP contribution is -2.50. The smallest absolute Gasteiger partial charge is 0.244 e. The molecule has 1 aliphatic heterocycles. The lowest BCUT2D eigenvalue weighted by Gasteiger charge is -2.34. The number of benzene rings is 2. The minimum absolute atomic E-state index is 0.0391. The van der Waals surface area contributed by atoms with E-state index in [0.717, 1.165) is 0 Å². The van der Waals surface area contributed by atoms with Gasteiger partial charge >= 0.3 is 0 Å². The Labute approximate surface area is 167 Å². The Morgan fingerprint density at radius 1 is 1.00 bits per heavy atom. The van der Waals surface area contributed by atoms with Crippen LogP contribution in [0.4, 0.5) is 4.39 Å². The summed E-state index contributed by atoms with van der Waals surface area (Å²) in [6.07, 6.45) is 0.146. The van der Waals surface area contributed by atoms with E-state index in [2.05, 4.69) is 0 Å². The molecule has 0 radical (unpaired) electrons. The summed E-state index contributed by atoms with van der Waals surface area (Å²) in [5.41, 5.74) is 0.710. The topological polar surface area (TPSA) is 57.7 Å². The van der Waals surface area contributed by atoms with E-state index >= 15 is 0 Å². The van der Waals surface area contributed by atoms with Gasteiger partial charge in [-0.1, -0.05) is 35.3 Å². The third-order valence-electron chi connectivity index (χ3n) is 4.37. The second-order valence-electron chi connectivity index (χ2n) is 6.16. The van der Waals surface area contributed by atoms with Crippen LogP contribution in [-0.4, -0.2) is 49.7 Å². The van der Waals surface area contributed by atoms with E-state index < -0.39 is 10.0 Å². The average Bonchev–Trinajstić information content (AvgIpc) is 2.65. The molecule has 0 aliphatic carbocycles. The number of sulfonamides is 1. The zero-order valence-corrected chi connectivity index (χ0v) is 16.6. The summed E-state index contributed by atoms with van der Waals surface area (Å²) in [5.74, 6) is -0.482. The molecule has 0 N–H and O–H groups in total. The summed E-state index contributed by atoms with van der Waals surface area (Å²) in [6, 6.07) is 10.0. The maximum absolute atomic E-state index is 13.0. The summed E-state index contributed by atoms with van der Waals surface area (Å²) in [6.45, 7) is 0.884. The quantitative estimate of drug-likeness (QED) is 0.747. The summed E-state index contributed by atoms with van der Waals surface area (Å²) < 4.78 is 39.9. The summed E-state index contributed by atoms with van der Waals surface area (Å²) >= 11 is 11.9. The molecule has 0 aromatic heterocycles. The van der Waals surface area contributed by atoms with E-state index in [9.17, 15) is 17.6 Å². The van der Waals surface area contributed by atoms with Gasteiger partial charge in [-0.3, -0.25) is 4.79 Å². The van der Waals surface area contributed by atoms with E-state index in [1.807, 2.05) is 0 Å². The number of amides is 1. The predicted octanol–water partition coefficient (Wildman–Crippen LogP) is 3.21. The maximum atomic E-state index is 13.0. The van der Waals surface area contributed by atoms with Crippen LogP contribution >= 0.6 is 23.2 Å². The van der Waals surface area contributed by atoms with Crippen molar-refractivity contribution in [2.75, 3.05) is 26.2 Å². The van der Waals surface area contributed by atoms with Gasteiger partial charge in [0.05, 0.1) is 11.4 Å². The zero-order valence-electron chi connectivity index (χ0n) is 14.2. The second-order valence-corrected chi connectivity index (χ2v) is 8.91. The molecule has 0 unspecified atom stereocenters. The molecule has 5 nitrogen and oxygen atoms in total. The number of carbonyl (C=O) groups is 1. The van der Waals surface area contributed by atoms with Crippen LogP contribution in [-0.2, 0) is 21.2 Å². The molecule has 1 fully saturated rings. The molecule has 1 saturated heterocycles.